The van der Waals surface area contributed by atoms with Crippen molar-refractivity contribution in [1.82, 2.24) is 0 Å². The first-order chi connectivity index (χ1) is 2.56. The summed E-state index contributed by atoms with van der Waals surface area (Å²) < 4.78 is 11.5. The van der Waals surface area contributed by atoms with Crippen LogP contribution < -0.4 is 0 Å². The Morgan fingerprint density at radius 3 is 1.50 bits per heavy atom. The molecule has 0 saturated carbocycles. The van der Waals surface area contributed by atoms with E-state index in [0.29, 0.717) is 0 Å². The molecular weight excluding hydrogens is 77.9 g/mol. The summed E-state index contributed by atoms with van der Waals surface area (Å²) in [5, 5.41) is -0.125. The van der Waals surface area contributed by atoms with E-state index < -0.39 is 0 Å². The van der Waals surface area contributed by atoms with Gasteiger partial charge in [-0.05, 0) is 5.31 Å². The summed E-state index contributed by atoms with van der Waals surface area (Å²) in [7, 11) is -0.229. The largest absolute Gasteiger partial charge is 0.341 e. The maximum absolute atomic E-state index is 11.5. The molecule has 0 fully saturated rings. The van der Waals surface area contributed by atoms with Gasteiger partial charge in [0.15, 0.2) is 0 Å². The fraction of sp³-hybridized carbons (Fsp3) is 1.00. The van der Waals surface area contributed by atoms with Crippen LogP contribution in [0.1, 0.15) is 20.8 Å². The molecule has 0 N–H and O–H groups in total. The SMILES string of the molecule is CC(C)(C)BF. The molecule has 0 spiro atoms. The van der Waals surface area contributed by atoms with Gasteiger partial charge < -0.3 is 4.32 Å². The average molecular weight is 87.9 g/mol. The van der Waals surface area contributed by atoms with E-state index in [1.807, 2.05) is 20.8 Å². The zero-order valence-corrected chi connectivity index (χ0v) is 4.59. The molecule has 0 aromatic rings. The summed E-state index contributed by atoms with van der Waals surface area (Å²) in [6, 6.07) is 0. The first-order valence-electron chi connectivity index (χ1n) is 2.12. The standard InChI is InChI=1S/C4H10BF/c1-4(2,3)5-6/h5H,1-3H3. The van der Waals surface area contributed by atoms with E-state index >= 15 is 0 Å². The summed E-state index contributed by atoms with van der Waals surface area (Å²) in [5.74, 6) is 0. The van der Waals surface area contributed by atoms with Crippen molar-refractivity contribution in [2.75, 3.05) is 0 Å². The third kappa shape index (κ3) is 3.99. The normalized spacial score (nSPS) is 11.3. The Balaban J connectivity index is 3.17. The molecule has 0 heterocycles. The number of hydrogen-bond donors (Lipinski definition) is 0. The Labute approximate surface area is 39.0 Å². The van der Waals surface area contributed by atoms with E-state index in [4.69, 9.17) is 0 Å². The molecule has 0 unspecified atom stereocenters. The smallest absolute Gasteiger partial charge is 0.336 e. The van der Waals surface area contributed by atoms with Crippen LogP contribution in [0.4, 0.5) is 4.32 Å². The van der Waals surface area contributed by atoms with Crippen molar-refractivity contribution in [3.05, 3.63) is 0 Å². The van der Waals surface area contributed by atoms with Gasteiger partial charge in [-0.25, -0.2) is 0 Å². The quantitative estimate of drug-likeness (QED) is 0.394. The van der Waals surface area contributed by atoms with Gasteiger partial charge in [-0.15, -0.1) is 0 Å². The Morgan fingerprint density at radius 2 is 1.50 bits per heavy atom. The molecule has 0 aromatic heterocycles. The highest BCUT2D eigenvalue weighted by Gasteiger charge is 2.10. The van der Waals surface area contributed by atoms with Gasteiger partial charge >= 0.3 is 7.56 Å². The minimum absolute atomic E-state index is 0.125. The van der Waals surface area contributed by atoms with Crippen molar-refractivity contribution in [1.29, 1.82) is 0 Å². The zero-order valence-electron chi connectivity index (χ0n) is 4.59. The second kappa shape index (κ2) is 1.63. The van der Waals surface area contributed by atoms with E-state index in [1.165, 1.54) is 0 Å². The summed E-state index contributed by atoms with van der Waals surface area (Å²) in [5.41, 5.74) is 0. The summed E-state index contributed by atoms with van der Waals surface area (Å²) in [4.78, 5) is 0. The summed E-state index contributed by atoms with van der Waals surface area (Å²) in [6.45, 7) is 5.60. The Morgan fingerprint density at radius 1 is 1.33 bits per heavy atom. The van der Waals surface area contributed by atoms with E-state index in [9.17, 15) is 4.32 Å². The van der Waals surface area contributed by atoms with E-state index in [-0.39, 0.29) is 12.9 Å². The third-order valence-corrected chi connectivity index (χ3v) is 0.401. The van der Waals surface area contributed by atoms with Crippen molar-refractivity contribution in [3.63, 3.8) is 0 Å². The van der Waals surface area contributed by atoms with Crippen LogP contribution >= 0.6 is 0 Å². The summed E-state index contributed by atoms with van der Waals surface area (Å²) in [6.07, 6.45) is 0. The predicted molar refractivity (Wildman–Crippen MR) is 28.0 cm³/mol. The number of halogens is 1. The fourth-order valence-electron chi connectivity index (χ4n) is 0. The zero-order chi connectivity index (χ0) is 5.21. The van der Waals surface area contributed by atoms with Crippen molar-refractivity contribution in [2.24, 2.45) is 0 Å². The molecule has 0 aliphatic rings. The highest BCUT2D eigenvalue weighted by molar-refractivity contribution is 6.30. The second-order valence-electron chi connectivity index (χ2n) is 2.69. The minimum Gasteiger partial charge on any atom is -0.341 e. The topological polar surface area (TPSA) is 0 Å². The number of hydrogen-bond acceptors (Lipinski definition) is 0. The van der Waals surface area contributed by atoms with Gasteiger partial charge in [0.2, 0.25) is 0 Å². The van der Waals surface area contributed by atoms with Gasteiger partial charge in [-0.1, -0.05) is 20.8 Å². The molecule has 6 heavy (non-hydrogen) atoms. The molecule has 36 valence electrons. The van der Waals surface area contributed by atoms with E-state index in [2.05, 4.69) is 0 Å². The van der Waals surface area contributed by atoms with Gasteiger partial charge in [-0.3, -0.25) is 0 Å². The monoisotopic (exact) mass is 88.1 g/mol. The van der Waals surface area contributed by atoms with Crippen molar-refractivity contribution in [2.45, 2.75) is 26.1 Å². The minimum atomic E-state index is -0.229. The lowest BCUT2D eigenvalue weighted by atomic mass is 9.71. The Hall–Kier alpha value is -0.00506. The second-order valence-corrected chi connectivity index (χ2v) is 2.69. The van der Waals surface area contributed by atoms with Crippen molar-refractivity contribution >= 4 is 7.56 Å². The molecule has 0 bridgehead atoms. The van der Waals surface area contributed by atoms with Gasteiger partial charge in [-0.2, -0.15) is 0 Å². The van der Waals surface area contributed by atoms with Crippen LogP contribution in [0.15, 0.2) is 0 Å². The first-order valence-corrected chi connectivity index (χ1v) is 2.12. The van der Waals surface area contributed by atoms with Crippen LogP contribution in [0.25, 0.3) is 0 Å². The van der Waals surface area contributed by atoms with Crippen molar-refractivity contribution in [3.8, 4) is 0 Å². The Bertz CT molecular complexity index is 37.3. The highest BCUT2D eigenvalue weighted by Crippen LogP contribution is 2.19. The molecular formula is C4H10BF. The summed E-state index contributed by atoms with van der Waals surface area (Å²) >= 11 is 0. The molecule has 0 saturated heterocycles. The van der Waals surface area contributed by atoms with Crippen LogP contribution in [-0.2, 0) is 0 Å². The van der Waals surface area contributed by atoms with Gasteiger partial charge in [0.05, 0.1) is 0 Å². The molecule has 2 heteroatoms. The molecule has 0 aliphatic carbocycles. The molecule has 0 radical (unpaired) electrons. The van der Waals surface area contributed by atoms with E-state index in [1.54, 1.807) is 0 Å². The lowest BCUT2D eigenvalue weighted by molar-refractivity contribution is 0.681. The van der Waals surface area contributed by atoms with Crippen molar-refractivity contribution < 1.29 is 4.32 Å². The molecule has 0 rings (SSSR count). The first kappa shape index (κ1) is 5.99. The van der Waals surface area contributed by atoms with Gasteiger partial charge in [0.25, 0.3) is 0 Å². The van der Waals surface area contributed by atoms with Crippen LogP contribution in [0.2, 0.25) is 5.31 Å². The lowest BCUT2D eigenvalue weighted by Gasteiger charge is -2.07. The van der Waals surface area contributed by atoms with Gasteiger partial charge in [0, 0.05) is 0 Å². The van der Waals surface area contributed by atoms with Crippen LogP contribution in [0, 0.1) is 0 Å². The number of rotatable bonds is 0. The molecule has 0 aliphatic heterocycles. The molecule has 0 nitrogen and oxygen atoms in total. The van der Waals surface area contributed by atoms with Crippen LogP contribution in [0.3, 0.4) is 0 Å². The van der Waals surface area contributed by atoms with Crippen LogP contribution in [0.5, 0.6) is 0 Å². The fourth-order valence-corrected chi connectivity index (χ4v) is 0. The predicted octanol–water partition coefficient (Wildman–Crippen LogP) is 1.53. The van der Waals surface area contributed by atoms with E-state index in [0.717, 1.165) is 0 Å². The maximum atomic E-state index is 11.5. The van der Waals surface area contributed by atoms with Crippen LogP contribution in [-0.4, -0.2) is 7.56 Å². The molecule has 0 aromatic carbocycles. The maximum Gasteiger partial charge on any atom is 0.336 e. The highest BCUT2D eigenvalue weighted by atomic mass is 19.1. The molecule has 0 atom stereocenters. The Kier molecular flexibility index (Phi) is 1.63. The third-order valence-electron chi connectivity index (χ3n) is 0.401. The lowest BCUT2D eigenvalue weighted by Crippen LogP contribution is -2.00. The average Bonchev–Trinajstić information content (AvgIpc) is 1.35. The molecule has 0 amide bonds. The van der Waals surface area contributed by atoms with Gasteiger partial charge in [0.1, 0.15) is 0 Å².